The van der Waals surface area contributed by atoms with Crippen LogP contribution in [0.15, 0.2) is 23.1 Å². The molecule has 1 unspecified atom stereocenters. The molecule has 0 amide bonds. The van der Waals surface area contributed by atoms with Gasteiger partial charge in [0.1, 0.15) is 0 Å². The molecule has 25 heavy (non-hydrogen) atoms. The third-order valence-electron chi connectivity index (χ3n) is 5.42. The van der Waals surface area contributed by atoms with E-state index >= 15 is 0 Å². The Balaban J connectivity index is 2.50. The summed E-state index contributed by atoms with van der Waals surface area (Å²) >= 11 is 0. The normalized spacial score (nSPS) is 13.1. The van der Waals surface area contributed by atoms with Gasteiger partial charge >= 0.3 is 0 Å². The quantitative estimate of drug-likeness (QED) is 0.845. The minimum atomic E-state index is -3.61. The van der Waals surface area contributed by atoms with E-state index in [1.807, 2.05) is 67.5 Å². The summed E-state index contributed by atoms with van der Waals surface area (Å²) in [5.41, 5.74) is 8.20. The first kappa shape index (κ1) is 19.7. The highest BCUT2D eigenvalue weighted by Gasteiger charge is 2.26. The maximum Gasteiger partial charge on any atom is 0.241 e. The molecule has 0 aromatic heterocycles. The highest BCUT2D eigenvalue weighted by molar-refractivity contribution is 7.89. The van der Waals surface area contributed by atoms with Crippen LogP contribution in [0.5, 0.6) is 0 Å². The van der Waals surface area contributed by atoms with Crippen LogP contribution in [0.3, 0.4) is 0 Å². The first-order valence-electron chi connectivity index (χ1n) is 8.63. The number of hydrogen-bond donors (Lipinski definition) is 1. The van der Waals surface area contributed by atoms with Crippen LogP contribution >= 0.6 is 0 Å². The van der Waals surface area contributed by atoms with Crippen molar-refractivity contribution in [3.8, 4) is 0 Å². The average Bonchev–Trinajstić information content (AvgIpc) is 2.50. The SMILES string of the molecule is Cc1ccc(C(C)NS(=O)(=O)c2c(C)c(C)c(C)c(C)c2C)c(C)c1. The van der Waals surface area contributed by atoms with Gasteiger partial charge in [0.15, 0.2) is 0 Å². The monoisotopic (exact) mass is 359 g/mol. The Morgan fingerprint density at radius 2 is 1.28 bits per heavy atom. The molecule has 0 bridgehead atoms. The van der Waals surface area contributed by atoms with Crippen molar-refractivity contribution in [2.24, 2.45) is 0 Å². The van der Waals surface area contributed by atoms with Gasteiger partial charge in [-0.05, 0) is 94.3 Å². The summed E-state index contributed by atoms with van der Waals surface area (Å²) in [5, 5.41) is 0. The highest BCUT2D eigenvalue weighted by atomic mass is 32.2. The van der Waals surface area contributed by atoms with E-state index < -0.39 is 10.0 Å². The highest BCUT2D eigenvalue weighted by Crippen LogP contribution is 2.30. The van der Waals surface area contributed by atoms with Gasteiger partial charge < -0.3 is 0 Å². The average molecular weight is 360 g/mol. The van der Waals surface area contributed by atoms with Crippen LogP contribution in [-0.4, -0.2) is 8.42 Å². The number of rotatable bonds is 4. The molecule has 1 N–H and O–H groups in total. The van der Waals surface area contributed by atoms with Crippen LogP contribution in [0.2, 0.25) is 0 Å². The van der Waals surface area contributed by atoms with E-state index in [1.54, 1.807) is 0 Å². The predicted octanol–water partition coefficient (Wildman–Crippen LogP) is 4.89. The van der Waals surface area contributed by atoms with E-state index in [1.165, 1.54) is 5.56 Å². The number of hydrogen-bond acceptors (Lipinski definition) is 2. The second-order valence-electron chi connectivity index (χ2n) is 7.16. The second kappa shape index (κ2) is 6.93. The lowest BCUT2D eigenvalue weighted by molar-refractivity contribution is 0.565. The summed E-state index contributed by atoms with van der Waals surface area (Å²) in [6.45, 7) is 15.8. The fraction of sp³-hybridized carbons (Fsp3) is 0.429. The Morgan fingerprint density at radius 1 is 0.800 bits per heavy atom. The van der Waals surface area contributed by atoms with Crippen molar-refractivity contribution in [2.45, 2.75) is 66.3 Å². The molecular weight excluding hydrogens is 330 g/mol. The summed E-state index contributed by atoms with van der Waals surface area (Å²) in [7, 11) is -3.61. The molecule has 0 saturated heterocycles. The van der Waals surface area contributed by atoms with E-state index in [4.69, 9.17) is 0 Å². The summed E-state index contributed by atoms with van der Waals surface area (Å²) in [4.78, 5) is 0.421. The minimum absolute atomic E-state index is 0.286. The molecule has 2 rings (SSSR count). The van der Waals surface area contributed by atoms with Crippen molar-refractivity contribution >= 4 is 10.0 Å². The van der Waals surface area contributed by atoms with Crippen molar-refractivity contribution in [1.29, 1.82) is 0 Å². The van der Waals surface area contributed by atoms with Gasteiger partial charge in [-0.1, -0.05) is 23.8 Å². The number of sulfonamides is 1. The zero-order valence-electron chi connectivity index (χ0n) is 16.5. The standard InChI is InChI=1S/C21H29NO2S/c1-12-9-10-20(13(2)11-12)19(8)22-25(23,24)21-17(6)15(4)14(3)16(5)18(21)7/h9-11,19,22H,1-8H3. The summed E-state index contributed by atoms with van der Waals surface area (Å²) in [6.07, 6.45) is 0. The predicted molar refractivity (Wildman–Crippen MR) is 105 cm³/mol. The fourth-order valence-corrected chi connectivity index (χ4v) is 5.36. The molecule has 3 nitrogen and oxygen atoms in total. The van der Waals surface area contributed by atoms with Gasteiger partial charge in [-0.2, -0.15) is 0 Å². The Bertz CT molecular complexity index is 898. The Labute approximate surface area is 152 Å². The number of benzene rings is 2. The third kappa shape index (κ3) is 3.65. The van der Waals surface area contributed by atoms with Crippen molar-refractivity contribution in [1.82, 2.24) is 4.72 Å². The first-order chi connectivity index (χ1) is 11.5. The lowest BCUT2D eigenvalue weighted by Gasteiger charge is -2.22. The van der Waals surface area contributed by atoms with Crippen LogP contribution in [-0.2, 0) is 10.0 Å². The molecule has 0 aliphatic heterocycles. The van der Waals surface area contributed by atoms with Gasteiger partial charge in [-0.25, -0.2) is 13.1 Å². The lowest BCUT2D eigenvalue weighted by atomic mass is 9.95. The molecule has 0 fully saturated rings. The van der Waals surface area contributed by atoms with Crippen LogP contribution in [0, 0.1) is 48.5 Å². The van der Waals surface area contributed by atoms with E-state index in [-0.39, 0.29) is 6.04 Å². The van der Waals surface area contributed by atoms with Gasteiger partial charge in [0, 0.05) is 6.04 Å². The van der Waals surface area contributed by atoms with Crippen LogP contribution in [0.25, 0.3) is 0 Å². The van der Waals surface area contributed by atoms with Crippen LogP contribution in [0.4, 0.5) is 0 Å². The van der Waals surface area contributed by atoms with Crippen LogP contribution in [0.1, 0.15) is 57.5 Å². The van der Waals surface area contributed by atoms with E-state index in [9.17, 15) is 8.42 Å². The van der Waals surface area contributed by atoms with Crippen molar-refractivity contribution in [3.05, 3.63) is 62.7 Å². The maximum atomic E-state index is 13.1. The van der Waals surface area contributed by atoms with Gasteiger partial charge in [-0.3, -0.25) is 0 Å². The Hall–Kier alpha value is -1.65. The number of aryl methyl sites for hydroxylation is 2. The van der Waals surface area contributed by atoms with E-state index in [2.05, 4.69) is 10.8 Å². The van der Waals surface area contributed by atoms with Crippen molar-refractivity contribution in [2.75, 3.05) is 0 Å². The largest absolute Gasteiger partial charge is 0.241 e. The molecule has 0 aliphatic rings. The molecule has 0 heterocycles. The summed E-state index contributed by atoms with van der Waals surface area (Å²) in [5.74, 6) is 0. The second-order valence-corrected chi connectivity index (χ2v) is 8.81. The van der Waals surface area contributed by atoms with Gasteiger partial charge in [0.2, 0.25) is 10.0 Å². The summed E-state index contributed by atoms with van der Waals surface area (Å²) in [6, 6.07) is 5.82. The number of nitrogens with one attached hydrogen (secondary N) is 1. The molecule has 0 aliphatic carbocycles. The third-order valence-corrected chi connectivity index (χ3v) is 7.24. The molecule has 136 valence electrons. The van der Waals surface area contributed by atoms with Crippen LogP contribution < -0.4 is 4.72 Å². The zero-order chi connectivity index (χ0) is 19.1. The molecular formula is C21H29NO2S. The molecule has 0 radical (unpaired) electrons. The summed E-state index contributed by atoms with van der Waals surface area (Å²) < 4.78 is 29.2. The molecule has 0 spiro atoms. The molecule has 0 saturated carbocycles. The topological polar surface area (TPSA) is 46.2 Å². The fourth-order valence-electron chi connectivity index (χ4n) is 3.54. The maximum absolute atomic E-state index is 13.1. The molecule has 2 aromatic rings. The lowest BCUT2D eigenvalue weighted by Crippen LogP contribution is -2.29. The Morgan fingerprint density at radius 3 is 1.76 bits per heavy atom. The van der Waals surface area contributed by atoms with Crippen molar-refractivity contribution < 1.29 is 8.42 Å². The zero-order valence-corrected chi connectivity index (χ0v) is 17.4. The van der Waals surface area contributed by atoms with Gasteiger partial charge in [0.05, 0.1) is 4.90 Å². The molecule has 4 heteroatoms. The first-order valence-corrected chi connectivity index (χ1v) is 10.1. The van der Waals surface area contributed by atoms with Gasteiger partial charge in [0.25, 0.3) is 0 Å². The van der Waals surface area contributed by atoms with Crippen molar-refractivity contribution in [3.63, 3.8) is 0 Å². The Kier molecular flexibility index (Phi) is 5.45. The molecule has 2 aromatic carbocycles. The van der Waals surface area contributed by atoms with E-state index in [0.717, 1.165) is 38.9 Å². The molecule has 1 atom stereocenters. The van der Waals surface area contributed by atoms with Gasteiger partial charge in [-0.15, -0.1) is 0 Å². The minimum Gasteiger partial charge on any atom is -0.207 e. The smallest absolute Gasteiger partial charge is 0.207 e. The van der Waals surface area contributed by atoms with E-state index in [0.29, 0.717) is 4.90 Å².